The van der Waals surface area contributed by atoms with Crippen LogP contribution in [0.2, 0.25) is 0 Å². The summed E-state index contributed by atoms with van der Waals surface area (Å²) in [5.41, 5.74) is 4.55. The van der Waals surface area contributed by atoms with Crippen LogP contribution in [0.25, 0.3) is 0 Å². The van der Waals surface area contributed by atoms with E-state index in [1.807, 2.05) is 0 Å². The molecule has 5 N–H and O–H groups in total. The van der Waals surface area contributed by atoms with Crippen LogP contribution in [0.15, 0.2) is 12.1 Å². The molecule has 8 heteroatoms. The lowest BCUT2D eigenvalue weighted by molar-refractivity contribution is -0.384. The normalized spacial score (nSPS) is 12.1. The molecule has 1 aromatic rings. The zero-order chi connectivity index (χ0) is 15.3. The number of hydrogen-bond donors (Lipinski definition) is 4. The van der Waals surface area contributed by atoms with E-state index < -0.39 is 22.7 Å². The van der Waals surface area contributed by atoms with Gasteiger partial charge >= 0.3 is 5.97 Å². The number of nitro benzene ring substituents is 1. The molecule has 0 spiro atoms. The Morgan fingerprint density at radius 2 is 2.05 bits per heavy atom. The Morgan fingerprint density at radius 1 is 1.40 bits per heavy atom. The van der Waals surface area contributed by atoms with Crippen molar-refractivity contribution in [3.63, 3.8) is 0 Å². The average Bonchev–Trinajstić information content (AvgIpc) is 2.38. The number of aliphatic hydroxyl groups excluding tert-OH is 2. The number of hydrogen-bond acceptors (Lipinski definition) is 6. The molecule has 1 rings (SSSR count). The van der Waals surface area contributed by atoms with Gasteiger partial charge in [0.15, 0.2) is 0 Å². The number of aromatic carboxylic acids is 1. The topological polar surface area (TPSA) is 147 Å². The number of rotatable bonds is 7. The van der Waals surface area contributed by atoms with E-state index in [-0.39, 0.29) is 29.8 Å². The number of anilines is 1. The first-order valence-corrected chi connectivity index (χ1v) is 5.98. The quantitative estimate of drug-likeness (QED) is 0.253. The summed E-state index contributed by atoms with van der Waals surface area (Å²) in [5, 5.41) is 38.4. The van der Waals surface area contributed by atoms with Gasteiger partial charge in [0.1, 0.15) is 5.69 Å². The van der Waals surface area contributed by atoms with E-state index in [1.54, 1.807) is 0 Å². The molecule has 0 bridgehead atoms. The summed E-state index contributed by atoms with van der Waals surface area (Å²) in [6.07, 6.45) is 0.0739. The van der Waals surface area contributed by atoms with E-state index in [1.165, 1.54) is 0 Å². The average molecular weight is 284 g/mol. The van der Waals surface area contributed by atoms with Gasteiger partial charge in [0, 0.05) is 18.2 Å². The smallest absolute Gasteiger partial charge is 0.335 e. The van der Waals surface area contributed by atoms with Crippen LogP contribution in [-0.2, 0) is 0 Å². The monoisotopic (exact) mass is 284 g/mol. The standard InChI is InChI=1S/C12H16N2O6/c13-11-8(10(16)3-1-2-4-15)5-7(12(17)18)6-9(11)14(19)20/h5-6,10,15-16H,1-4,13H2,(H,17,18). The molecule has 0 aliphatic rings. The molecule has 20 heavy (non-hydrogen) atoms. The molecule has 0 aliphatic heterocycles. The van der Waals surface area contributed by atoms with Gasteiger partial charge in [-0.2, -0.15) is 0 Å². The number of nitrogen functional groups attached to an aromatic ring is 1. The highest BCUT2D eigenvalue weighted by Crippen LogP contribution is 2.33. The van der Waals surface area contributed by atoms with Crippen LogP contribution in [0.4, 0.5) is 11.4 Å². The van der Waals surface area contributed by atoms with Crippen LogP contribution in [0.3, 0.4) is 0 Å². The minimum absolute atomic E-state index is 0.0227. The fraction of sp³-hybridized carbons (Fsp3) is 0.417. The summed E-state index contributed by atoms with van der Waals surface area (Å²) in [6.45, 7) is -0.0302. The predicted molar refractivity (Wildman–Crippen MR) is 70.4 cm³/mol. The molecule has 0 fully saturated rings. The van der Waals surface area contributed by atoms with Crippen molar-refractivity contribution in [3.05, 3.63) is 33.4 Å². The van der Waals surface area contributed by atoms with Gasteiger partial charge in [0.25, 0.3) is 5.69 Å². The van der Waals surface area contributed by atoms with Gasteiger partial charge in [0.05, 0.1) is 16.6 Å². The number of aliphatic hydroxyl groups is 2. The summed E-state index contributed by atoms with van der Waals surface area (Å²) < 4.78 is 0. The molecule has 0 radical (unpaired) electrons. The van der Waals surface area contributed by atoms with Crippen molar-refractivity contribution in [1.29, 1.82) is 0 Å². The van der Waals surface area contributed by atoms with Crippen molar-refractivity contribution < 1.29 is 25.0 Å². The fourth-order valence-electron chi connectivity index (χ4n) is 1.82. The number of carboxylic acid groups (broad SMARTS) is 1. The van der Waals surface area contributed by atoms with E-state index in [4.69, 9.17) is 15.9 Å². The Morgan fingerprint density at radius 3 is 2.55 bits per heavy atom. The van der Waals surface area contributed by atoms with E-state index in [0.717, 1.165) is 12.1 Å². The number of nitrogens with zero attached hydrogens (tertiary/aromatic N) is 1. The van der Waals surface area contributed by atoms with Crippen molar-refractivity contribution in [2.75, 3.05) is 12.3 Å². The first kappa shape index (κ1) is 15.9. The van der Waals surface area contributed by atoms with Crippen LogP contribution in [0.1, 0.15) is 41.3 Å². The highest BCUT2D eigenvalue weighted by atomic mass is 16.6. The molecule has 1 unspecified atom stereocenters. The summed E-state index contributed by atoms with van der Waals surface area (Å²) >= 11 is 0. The maximum atomic E-state index is 10.9. The van der Waals surface area contributed by atoms with E-state index in [9.17, 15) is 20.0 Å². The number of carboxylic acids is 1. The summed E-state index contributed by atoms with van der Waals surface area (Å²) in [5.74, 6) is -1.34. The van der Waals surface area contributed by atoms with Crippen molar-refractivity contribution in [3.8, 4) is 0 Å². The minimum atomic E-state index is -1.34. The van der Waals surface area contributed by atoms with Gasteiger partial charge in [-0.25, -0.2) is 4.79 Å². The number of carbonyl (C=O) groups is 1. The zero-order valence-corrected chi connectivity index (χ0v) is 10.7. The fourth-order valence-corrected chi connectivity index (χ4v) is 1.82. The van der Waals surface area contributed by atoms with Gasteiger partial charge in [-0.05, 0) is 25.3 Å². The lowest BCUT2D eigenvalue weighted by Crippen LogP contribution is -2.09. The van der Waals surface area contributed by atoms with E-state index in [2.05, 4.69) is 0 Å². The summed E-state index contributed by atoms with van der Waals surface area (Å²) in [4.78, 5) is 21.0. The Labute approximate surface area is 114 Å². The minimum Gasteiger partial charge on any atom is -0.478 e. The SMILES string of the molecule is Nc1c(C(O)CCCCO)cc(C(=O)O)cc1[N+](=O)[O-]. The van der Waals surface area contributed by atoms with Crippen LogP contribution in [-0.4, -0.2) is 32.8 Å². The Bertz CT molecular complexity index is 517. The molecule has 110 valence electrons. The van der Waals surface area contributed by atoms with Gasteiger partial charge < -0.3 is 21.1 Å². The molecule has 8 nitrogen and oxygen atoms in total. The Hall–Kier alpha value is -2.19. The molecule has 1 atom stereocenters. The Balaban J connectivity index is 3.16. The van der Waals surface area contributed by atoms with Crippen LogP contribution in [0, 0.1) is 10.1 Å². The van der Waals surface area contributed by atoms with Crippen LogP contribution in [0.5, 0.6) is 0 Å². The molecular weight excluding hydrogens is 268 g/mol. The zero-order valence-electron chi connectivity index (χ0n) is 10.7. The highest BCUT2D eigenvalue weighted by Gasteiger charge is 2.23. The molecule has 0 aliphatic carbocycles. The highest BCUT2D eigenvalue weighted by molar-refractivity contribution is 5.90. The summed E-state index contributed by atoms with van der Waals surface area (Å²) in [6, 6.07) is 2.00. The first-order valence-electron chi connectivity index (χ1n) is 5.98. The van der Waals surface area contributed by atoms with Gasteiger partial charge in [0.2, 0.25) is 0 Å². The molecule has 0 heterocycles. The van der Waals surface area contributed by atoms with Crippen molar-refractivity contribution in [2.45, 2.75) is 25.4 Å². The molecule has 0 amide bonds. The predicted octanol–water partition coefficient (Wildman–Crippen LogP) is 1.07. The first-order chi connectivity index (χ1) is 9.38. The van der Waals surface area contributed by atoms with Gasteiger partial charge in [-0.3, -0.25) is 10.1 Å². The number of nitrogens with two attached hydrogens (primary N) is 1. The van der Waals surface area contributed by atoms with Crippen molar-refractivity contribution >= 4 is 17.3 Å². The molecular formula is C12H16N2O6. The van der Waals surface area contributed by atoms with Gasteiger partial charge in [-0.15, -0.1) is 0 Å². The maximum absolute atomic E-state index is 10.9. The third-order valence-electron chi connectivity index (χ3n) is 2.88. The lowest BCUT2D eigenvalue weighted by atomic mass is 9.98. The molecule has 0 saturated heterocycles. The third-order valence-corrected chi connectivity index (χ3v) is 2.88. The van der Waals surface area contributed by atoms with Crippen LogP contribution < -0.4 is 5.73 Å². The second-order valence-corrected chi connectivity index (χ2v) is 4.30. The second kappa shape index (κ2) is 6.83. The van der Waals surface area contributed by atoms with Crippen LogP contribution >= 0.6 is 0 Å². The van der Waals surface area contributed by atoms with Gasteiger partial charge in [-0.1, -0.05) is 0 Å². The third kappa shape index (κ3) is 3.65. The van der Waals surface area contributed by atoms with E-state index >= 15 is 0 Å². The largest absolute Gasteiger partial charge is 0.478 e. The molecule has 0 saturated carbocycles. The maximum Gasteiger partial charge on any atom is 0.335 e. The lowest BCUT2D eigenvalue weighted by Gasteiger charge is -2.14. The molecule has 0 aromatic heterocycles. The second-order valence-electron chi connectivity index (χ2n) is 4.30. The number of benzene rings is 1. The van der Waals surface area contributed by atoms with Crippen molar-refractivity contribution in [1.82, 2.24) is 0 Å². The summed E-state index contributed by atoms with van der Waals surface area (Å²) in [7, 11) is 0. The van der Waals surface area contributed by atoms with E-state index in [0.29, 0.717) is 12.8 Å². The molecule has 1 aromatic carbocycles. The Kier molecular flexibility index (Phi) is 5.42. The number of nitro groups is 1. The van der Waals surface area contributed by atoms with Crippen molar-refractivity contribution in [2.24, 2.45) is 0 Å². The number of unbranched alkanes of at least 4 members (excludes halogenated alkanes) is 1.